The molecule has 1 unspecified atom stereocenters. The standard InChI is InChI=1S/C12H12F2N2O2S/c1-16(9-4-5-19(17,18)7-9)10-3-2-8(6-15)11(13)12(10)14/h2-3,9H,4-5,7H2,1H3. The summed E-state index contributed by atoms with van der Waals surface area (Å²) in [7, 11) is -1.57. The highest BCUT2D eigenvalue weighted by Crippen LogP contribution is 2.27. The molecule has 0 amide bonds. The van der Waals surface area contributed by atoms with Crippen molar-refractivity contribution in [1.29, 1.82) is 5.26 Å². The van der Waals surface area contributed by atoms with Gasteiger partial charge in [0.1, 0.15) is 6.07 Å². The third-order valence-corrected chi connectivity index (χ3v) is 5.07. The maximum absolute atomic E-state index is 13.8. The van der Waals surface area contributed by atoms with Crippen LogP contribution in [0, 0.1) is 23.0 Å². The van der Waals surface area contributed by atoms with Gasteiger partial charge in [0, 0.05) is 13.1 Å². The van der Waals surface area contributed by atoms with E-state index in [1.54, 1.807) is 6.07 Å². The molecule has 2 rings (SSSR count). The van der Waals surface area contributed by atoms with E-state index in [2.05, 4.69) is 0 Å². The summed E-state index contributed by atoms with van der Waals surface area (Å²) in [5.41, 5.74) is -0.396. The second kappa shape index (κ2) is 4.78. The molecule has 1 heterocycles. The normalized spacial score (nSPS) is 21.1. The summed E-state index contributed by atoms with van der Waals surface area (Å²) in [5.74, 6) is -2.33. The van der Waals surface area contributed by atoms with Gasteiger partial charge in [0.05, 0.1) is 22.8 Å². The lowest BCUT2D eigenvalue weighted by molar-refractivity contribution is 0.502. The molecule has 0 spiro atoms. The van der Waals surface area contributed by atoms with E-state index in [0.29, 0.717) is 6.42 Å². The first kappa shape index (κ1) is 13.7. The van der Waals surface area contributed by atoms with Crippen molar-refractivity contribution in [1.82, 2.24) is 0 Å². The van der Waals surface area contributed by atoms with Crippen molar-refractivity contribution >= 4 is 15.5 Å². The molecule has 1 aliphatic rings. The first-order valence-electron chi connectivity index (χ1n) is 5.67. The predicted octanol–water partition coefficient (Wildman–Crippen LogP) is 1.46. The van der Waals surface area contributed by atoms with Crippen LogP contribution in [0.1, 0.15) is 12.0 Å². The van der Waals surface area contributed by atoms with E-state index in [1.165, 1.54) is 24.1 Å². The van der Waals surface area contributed by atoms with E-state index >= 15 is 0 Å². The van der Waals surface area contributed by atoms with Crippen LogP contribution in [0.25, 0.3) is 0 Å². The number of sulfone groups is 1. The number of nitriles is 1. The number of benzene rings is 1. The molecule has 1 fully saturated rings. The molecule has 4 nitrogen and oxygen atoms in total. The van der Waals surface area contributed by atoms with E-state index in [0.717, 1.165) is 0 Å². The van der Waals surface area contributed by atoms with Crippen LogP contribution < -0.4 is 4.90 Å². The Morgan fingerprint density at radius 2 is 2.05 bits per heavy atom. The molecule has 0 aromatic heterocycles. The highest BCUT2D eigenvalue weighted by Gasteiger charge is 2.32. The summed E-state index contributed by atoms with van der Waals surface area (Å²) in [4.78, 5) is 1.42. The third kappa shape index (κ3) is 2.54. The minimum atomic E-state index is -3.09. The van der Waals surface area contributed by atoms with E-state index in [9.17, 15) is 17.2 Å². The van der Waals surface area contributed by atoms with E-state index in [4.69, 9.17) is 5.26 Å². The fourth-order valence-corrected chi connectivity index (χ4v) is 3.95. The first-order chi connectivity index (χ1) is 8.85. The van der Waals surface area contributed by atoms with Gasteiger partial charge in [-0.3, -0.25) is 0 Å². The van der Waals surface area contributed by atoms with Crippen molar-refractivity contribution in [3.05, 3.63) is 29.3 Å². The van der Waals surface area contributed by atoms with Crippen LogP contribution in [0.2, 0.25) is 0 Å². The molecule has 0 radical (unpaired) electrons. The zero-order valence-electron chi connectivity index (χ0n) is 10.2. The molecule has 1 aliphatic heterocycles. The summed E-state index contributed by atoms with van der Waals surface area (Å²) in [5, 5.41) is 8.60. The van der Waals surface area contributed by atoms with Crippen LogP contribution >= 0.6 is 0 Å². The molecule has 1 aromatic rings. The van der Waals surface area contributed by atoms with E-state index < -0.39 is 21.5 Å². The van der Waals surface area contributed by atoms with Gasteiger partial charge >= 0.3 is 0 Å². The lowest BCUT2D eigenvalue weighted by Crippen LogP contribution is -2.33. The van der Waals surface area contributed by atoms with Gasteiger partial charge in [-0.2, -0.15) is 5.26 Å². The van der Waals surface area contributed by atoms with Gasteiger partial charge in [-0.1, -0.05) is 0 Å². The molecular weight excluding hydrogens is 274 g/mol. The molecule has 0 bridgehead atoms. The second-order valence-electron chi connectivity index (χ2n) is 4.54. The Kier molecular flexibility index (Phi) is 3.45. The van der Waals surface area contributed by atoms with E-state index in [-0.39, 0.29) is 28.8 Å². The fourth-order valence-electron chi connectivity index (χ4n) is 2.18. The monoisotopic (exact) mass is 286 g/mol. The van der Waals surface area contributed by atoms with Crippen LogP contribution in [-0.4, -0.2) is 33.0 Å². The van der Waals surface area contributed by atoms with Crippen LogP contribution in [-0.2, 0) is 9.84 Å². The van der Waals surface area contributed by atoms with Gasteiger partial charge < -0.3 is 4.90 Å². The number of halogens is 2. The highest BCUT2D eigenvalue weighted by molar-refractivity contribution is 7.91. The zero-order chi connectivity index (χ0) is 14.2. The van der Waals surface area contributed by atoms with Gasteiger partial charge in [0.15, 0.2) is 21.5 Å². The Balaban J connectivity index is 2.33. The van der Waals surface area contributed by atoms with Crippen molar-refractivity contribution in [3.63, 3.8) is 0 Å². The van der Waals surface area contributed by atoms with E-state index in [1.807, 2.05) is 0 Å². The van der Waals surface area contributed by atoms with Crippen LogP contribution in [0.5, 0.6) is 0 Å². The van der Waals surface area contributed by atoms with Crippen LogP contribution in [0.4, 0.5) is 14.5 Å². The predicted molar refractivity (Wildman–Crippen MR) is 66.5 cm³/mol. The number of rotatable bonds is 2. The van der Waals surface area contributed by atoms with Gasteiger partial charge in [-0.05, 0) is 18.6 Å². The first-order valence-corrected chi connectivity index (χ1v) is 7.49. The molecule has 1 atom stereocenters. The van der Waals surface area contributed by atoms with Gasteiger partial charge in [0.25, 0.3) is 0 Å². The Bertz CT molecular complexity index is 652. The summed E-state index contributed by atoms with van der Waals surface area (Å²) < 4.78 is 50.1. The van der Waals surface area contributed by atoms with Gasteiger partial charge in [0.2, 0.25) is 0 Å². The molecule has 1 aromatic carbocycles. The number of nitrogens with zero attached hydrogens (tertiary/aromatic N) is 2. The largest absolute Gasteiger partial charge is 0.368 e. The Labute approximate surface area is 110 Å². The number of anilines is 1. The Morgan fingerprint density at radius 1 is 1.37 bits per heavy atom. The molecule has 7 heteroatoms. The average molecular weight is 286 g/mol. The van der Waals surface area contributed by atoms with Crippen LogP contribution in [0.15, 0.2) is 12.1 Å². The zero-order valence-corrected chi connectivity index (χ0v) is 11.0. The van der Waals surface area contributed by atoms with Crippen molar-refractivity contribution in [3.8, 4) is 6.07 Å². The van der Waals surface area contributed by atoms with Crippen molar-refractivity contribution < 1.29 is 17.2 Å². The summed E-state index contributed by atoms with van der Waals surface area (Å²) in [6.45, 7) is 0. The molecule has 19 heavy (non-hydrogen) atoms. The fraction of sp³-hybridized carbons (Fsp3) is 0.417. The Morgan fingerprint density at radius 3 is 2.58 bits per heavy atom. The minimum Gasteiger partial charge on any atom is -0.368 e. The second-order valence-corrected chi connectivity index (χ2v) is 6.77. The van der Waals surface area contributed by atoms with Crippen molar-refractivity contribution in [2.24, 2.45) is 0 Å². The summed E-state index contributed by atoms with van der Waals surface area (Å²) >= 11 is 0. The highest BCUT2D eigenvalue weighted by atomic mass is 32.2. The summed E-state index contributed by atoms with van der Waals surface area (Å²) in [6.07, 6.45) is 0.389. The van der Waals surface area contributed by atoms with Gasteiger partial charge in [-0.25, -0.2) is 17.2 Å². The van der Waals surface area contributed by atoms with Crippen LogP contribution in [0.3, 0.4) is 0 Å². The maximum atomic E-state index is 13.8. The third-order valence-electron chi connectivity index (χ3n) is 3.32. The lowest BCUT2D eigenvalue weighted by atomic mass is 10.1. The molecular formula is C12H12F2N2O2S. The summed E-state index contributed by atoms with van der Waals surface area (Å²) in [6, 6.07) is 3.67. The maximum Gasteiger partial charge on any atom is 0.183 e. The number of hydrogen-bond acceptors (Lipinski definition) is 4. The topological polar surface area (TPSA) is 61.2 Å². The molecule has 0 N–H and O–H groups in total. The quantitative estimate of drug-likeness (QED) is 0.826. The molecule has 102 valence electrons. The van der Waals surface area contributed by atoms with Gasteiger partial charge in [-0.15, -0.1) is 0 Å². The molecule has 1 saturated heterocycles. The SMILES string of the molecule is CN(c1ccc(C#N)c(F)c1F)C1CCS(=O)(=O)C1. The molecule has 0 aliphatic carbocycles. The molecule has 0 saturated carbocycles. The van der Waals surface area contributed by atoms with Crippen molar-refractivity contribution in [2.45, 2.75) is 12.5 Å². The Hall–Kier alpha value is -1.68. The van der Waals surface area contributed by atoms with Crippen molar-refractivity contribution in [2.75, 3.05) is 23.5 Å². The number of hydrogen-bond donors (Lipinski definition) is 0. The lowest BCUT2D eigenvalue weighted by Gasteiger charge is -2.26. The minimum absolute atomic E-state index is 0.0291. The smallest absolute Gasteiger partial charge is 0.183 e. The average Bonchev–Trinajstić information content (AvgIpc) is 2.72.